The van der Waals surface area contributed by atoms with Gasteiger partial charge in [-0.25, -0.2) is 0 Å². The molecule has 0 radical (unpaired) electrons. The molecule has 0 aliphatic rings. The Morgan fingerprint density at radius 2 is 1.73 bits per heavy atom. The zero-order chi connectivity index (χ0) is 21.8. The Morgan fingerprint density at radius 3 is 2.43 bits per heavy atom. The average molecular weight is 430 g/mol. The van der Waals surface area contributed by atoms with E-state index in [1.165, 1.54) is 0 Å². The summed E-state index contributed by atoms with van der Waals surface area (Å²) in [5.74, 6) is 0.507. The van der Waals surface area contributed by atoms with Crippen molar-refractivity contribution in [2.75, 3.05) is 13.7 Å². The van der Waals surface area contributed by atoms with Crippen LogP contribution in [0.15, 0.2) is 48.5 Å². The summed E-state index contributed by atoms with van der Waals surface area (Å²) >= 11 is 5.10. The Balaban J connectivity index is 1.81. The number of nitrogens with one attached hydrogen (secondary N) is 3. The highest BCUT2D eigenvalue weighted by Gasteiger charge is 2.14. The maximum absolute atomic E-state index is 12.5. The zero-order valence-electron chi connectivity index (χ0n) is 17.2. The Hall–Kier alpha value is -3.13. The van der Waals surface area contributed by atoms with Crippen LogP contribution in [0.25, 0.3) is 0 Å². The number of methoxy groups -OCH3 is 1. The molecule has 2 amide bonds. The number of carbonyl (C=O) groups excluding carboxylic acids is 2. The largest absolute Gasteiger partial charge is 0.497 e. The van der Waals surface area contributed by atoms with Crippen molar-refractivity contribution < 1.29 is 19.1 Å². The van der Waals surface area contributed by atoms with Gasteiger partial charge in [-0.15, -0.1) is 0 Å². The molecule has 2 rings (SSSR count). The quantitative estimate of drug-likeness (QED) is 0.322. The van der Waals surface area contributed by atoms with Gasteiger partial charge in [-0.1, -0.05) is 44.0 Å². The van der Waals surface area contributed by atoms with Crippen LogP contribution >= 0.6 is 12.2 Å². The summed E-state index contributed by atoms with van der Waals surface area (Å²) in [7, 11) is 1.58. The number of rotatable bonds is 9. The van der Waals surface area contributed by atoms with Crippen LogP contribution in [0.1, 0.15) is 42.1 Å². The minimum atomic E-state index is -0.414. The lowest BCUT2D eigenvalue weighted by molar-refractivity contribution is -0.121. The van der Waals surface area contributed by atoms with Gasteiger partial charge in [-0.05, 0) is 48.5 Å². The third-order valence-corrected chi connectivity index (χ3v) is 4.41. The lowest BCUT2D eigenvalue weighted by Gasteiger charge is -2.13. The predicted molar refractivity (Wildman–Crippen MR) is 120 cm³/mol. The third kappa shape index (κ3) is 7.71. The van der Waals surface area contributed by atoms with Crippen LogP contribution in [0.5, 0.6) is 11.5 Å². The van der Waals surface area contributed by atoms with Crippen LogP contribution in [0.4, 0.5) is 0 Å². The Bertz CT molecular complexity index is 856. The highest BCUT2D eigenvalue weighted by atomic mass is 32.1. The second kappa shape index (κ2) is 12.4. The fourth-order valence-corrected chi connectivity index (χ4v) is 2.76. The lowest BCUT2D eigenvalue weighted by Crippen LogP contribution is -2.48. The zero-order valence-corrected chi connectivity index (χ0v) is 18.0. The van der Waals surface area contributed by atoms with Gasteiger partial charge < -0.3 is 9.47 Å². The van der Waals surface area contributed by atoms with E-state index in [4.69, 9.17) is 21.7 Å². The molecule has 160 valence electrons. The van der Waals surface area contributed by atoms with E-state index in [-0.39, 0.29) is 17.4 Å². The summed E-state index contributed by atoms with van der Waals surface area (Å²) in [6.07, 6.45) is 3.24. The van der Waals surface area contributed by atoms with E-state index in [0.717, 1.165) is 30.6 Å². The minimum absolute atomic E-state index is 0.0103. The molecule has 2 aromatic rings. The van der Waals surface area contributed by atoms with Gasteiger partial charge >= 0.3 is 0 Å². The summed E-state index contributed by atoms with van der Waals surface area (Å²) < 4.78 is 10.8. The van der Waals surface area contributed by atoms with E-state index >= 15 is 0 Å². The molecule has 7 nitrogen and oxygen atoms in total. The number of thiocarbonyl (C=S) groups is 1. The maximum atomic E-state index is 12.5. The van der Waals surface area contributed by atoms with Crippen molar-refractivity contribution >= 4 is 29.1 Å². The van der Waals surface area contributed by atoms with Crippen LogP contribution in [0.3, 0.4) is 0 Å². The third-order valence-electron chi connectivity index (χ3n) is 4.20. The van der Waals surface area contributed by atoms with Gasteiger partial charge in [0.1, 0.15) is 11.5 Å². The van der Waals surface area contributed by atoms with Crippen LogP contribution in [0, 0.1) is 0 Å². The number of ether oxygens (including phenoxy) is 2. The van der Waals surface area contributed by atoms with Crippen molar-refractivity contribution in [3.8, 4) is 11.5 Å². The summed E-state index contributed by atoms with van der Waals surface area (Å²) in [5, 5.41) is 2.53. The minimum Gasteiger partial charge on any atom is -0.497 e. The molecule has 0 atom stereocenters. The summed E-state index contributed by atoms with van der Waals surface area (Å²) in [5.41, 5.74) is 6.21. The number of unbranched alkanes of at least 4 members (excludes halogenated alkanes) is 2. The van der Waals surface area contributed by atoms with Crippen molar-refractivity contribution in [3.63, 3.8) is 0 Å². The summed E-state index contributed by atoms with van der Waals surface area (Å²) in [4.78, 5) is 24.6. The molecule has 0 saturated carbocycles. The molecule has 0 aromatic heterocycles. The van der Waals surface area contributed by atoms with Crippen LogP contribution < -0.4 is 25.6 Å². The van der Waals surface area contributed by atoms with Crippen molar-refractivity contribution in [3.05, 3.63) is 59.7 Å². The van der Waals surface area contributed by atoms with Crippen molar-refractivity contribution in [2.24, 2.45) is 0 Å². The standard InChI is InChI=1S/C22H27N3O4S/c1-3-4-7-14-29-19-9-6-5-8-18(19)21(27)23-22(30)25-24-20(26)15-16-10-12-17(28-2)13-11-16/h5-6,8-13H,3-4,7,14-15H2,1-2H3,(H,24,26)(H2,23,25,27,30). The van der Waals surface area contributed by atoms with Crippen molar-refractivity contribution in [2.45, 2.75) is 32.6 Å². The first-order valence-electron chi connectivity index (χ1n) is 9.78. The molecule has 8 heteroatoms. The molecular weight excluding hydrogens is 402 g/mol. The molecule has 0 saturated heterocycles. The molecule has 0 aliphatic carbocycles. The van der Waals surface area contributed by atoms with E-state index in [2.05, 4.69) is 23.1 Å². The first-order valence-corrected chi connectivity index (χ1v) is 10.2. The molecule has 30 heavy (non-hydrogen) atoms. The number of benzene rings is 2. The number of para-hydroxylation sites is 1. The fourth-order valence-electron chi connectivity index (χ4n) is 2.62. The van der Waals surface area contributed by atoms with Gasteiger partial charge in [0.25, 0.3) is 5.91 Å². The SMILES string of the molecule is CCCCCOc1ccccc1C(=O)NC(=S)NNC(=O)Cc1ccc(OC)cc1. The molecule has 2 aromatic carbocycles. The molecule has 3 N–H and O–H groups in total. The van der Waals surface area contributed by atoms with E-state index in [9.17, 15) is 9.59 Å². The van der Waals surface area contributed by atoms with Crippen LogP contribution in [-0.2, 0) is 11.2 Å². The summed E-state index contributed by atoms with van der Waals surface area (Å²) in [6, 6.07) is 14.1. The summed E-state index contributed by atoms with van der Waals surface area (Å²) in [6.45, 7) is 2.66. The normalized spacial score (nSPS) is 10.1. The van der Waals surface area contributed by atoms with Gasteiger partial charge in [0.2, 0.25) is 5.91 Å². The van der Waals surface area contributed by atoms with E-state index < -0.39 is 5.91 Å². The molecule has 0 unspecified atom stereocenters. The molecule has 0 aliphatic heterocycles. The van der Waals surface area contributed by atoms with Gasteiger partial charge in [-0.3, -0.25) is 25.8 Å². The van der Waals surface area contributed by atoms with Crippen LogP contribution in [0.2, 0.25) is 0 Å². The van der Waals surface area contributed by atoms with Gasteiger partial charge in [0.05, 0.1) is 25.7 Å². The van der Waals surface area contributed by atoms with Crippen LogP contribution in [-0.4, -0.2) is 30.6 Å². The smallest absolute Gasteiger partial charge is 0.261 e. The van der Waals surface area contributed by atoms with Crippen molar-refractivity contribution in [1.82, 2.24) is 16.2 Å². The maximum Gasteiger partial charge on any atom is 0.261 e. The first kappa shape index (κ1) is 23.2. The first-order chi connectivity index (χ1) is 14.5. The molecular formula is C22H27N3O4S. The van der Waals surface area contributed by atoms with Crippen molar-refractivity contribution in [1.29, 1.82) is 0 Å². The second-order valence-electron chi connectivity index (χ2n) is 6.53. The van der Waals surface area contributed by atoms with E-state index in [0.29, 0.717) is 17.9 Å². The highest BCUT2D eigenvalue weighted by molar-refractivity contribution is 7.80. The van der Waals surface area contributed by atoms with E-state index in [1.807, 2.05) is 6.07 Å². The van der Waals surface area contributed by atoms with E-state index in [1.54, 1.807) is 49.6 Å². The Kier molecular flexibility index (Phi) is 9.60. The monoisotopic (exact) mass is 429 g/mol. The average Bonchev–Trinajstić information content (AvgIpc) is 2.76. The number of amides is 2. The molecule has 0 spiro atoms. The number of hydrazine groups is 1. The second-order valence-corrected chi connectivity index (χ2v) is 6.94. The fraction of sp³-hybridized carbons (Fsp3) is 0.318. The Morgan fingerprint density at radius 1 is 1.00 bits per heavy atom. The topological polar surface area (TPSA) is 88.7 Å². The number of carbonyl (C=O) groups is 2. The molecule has 0 bridgehead atoms. The lowest BCUT2D eigenvalue weighted by atomic mass is 10.1. The van der Waals surface area contributed by atoms with Gasteiger partial charge in [0, 0.05) is 0 Å². The number of hydrogen-bond donors (Lipinski definition) is 3. The highest BCUT2D eigenvalue weighted by Crippen LogP contribution is 2.18. The van der Waals surface area contributed by atoms with Gasteiger partial charge in [-0.2, -0.15) is 0 Å². The number of hydrogen-bond acceptors (Lipinski definition) is 5. The molecule has 0 fully saturated rings. The Labute approximate surface area is 182 Å². The van der Waals surface area contributed by atoms with Gasteiger partial charge in [0.15, 0.2) is 5.11 Å². The predicted octanol–water partition coefficient (Wildman–Crippen LogP) is 3.14. The molecule has 0 heterocycles.